The molecule has 0 aliphatic heterocycles. The molecule has 0 aromatic carbocycles. The van der Waals surface area contributed by atoms with Crippen molar-refractivity contribution in [2.45, 2.75) is 44.1 Å². The maximum atomic E-state index is 11.4. The highest BCUT2D eigenvalue weighted by molar-refractivity contribution is 7.98. The van der Waals surface area contributed by atoms with E-state index in [4.69, 9.17) is 0 Å². The van der Waals surface area contributed by atoms with Gasteiger partial charge in [-0.25, -0.2) is 0 Å². The predicted molar refractivity (Wildman–Crippen MR) is 64.0 cm³/mol. The van der Waals surface area contributed by atoms with E-state index in [1.165, 1.54) is 0 Å². The summed E-state index contributed by atoms with van der Waals surface area (Å²) >= 11 is 1.76. The van der Waals surface area contributed by atoms with Crippen LogP contribution in [0.2, 0.25) is 0 Å². The second-order valence-electron chi connectivity index (χ2n) is 4.30. The SMILES string of the molecule is CSCCCC(=O)NCC1(O)CCCC1. The molecule has 0 atom stereocenters. The van der Waals surface area contributed by atoms with Crippen molar-refractivity contribution in [3.8, 4) is 0 Å². The fourth-order valence-electron chi connectivity index (χ4n) is 1.94. The van der Waals surface area contributed by atoms with Crippen LogP contribution in [0, 0.1) is 0 Å². The topological polar surface area (TPSA) is 49.3 Å². The van der Waals surface area contributed by atoms with Gasteiger partial charge < -0.3 is 10.4 Å². The van der Waals surface area contributed by atoms with Gasteiger partial charge in [-0.1, -0.05) is 12.8 Å². The predicted octanol–water partition coefficient (Wildman–Crippen LogP) is 1.55. The second kappa shape index (κ2) is 6.38. The molecule has 1 rings (SSSR count). The van der Waals surface area contributed by atoms with Crippen LogP contribution in [0.5, 0.6) is 0 Å². The average molecular weight is 231 g/mol. The molecule has 1 aliphatic rings. The van der Waals surface area contributed by atoms with Crippen molar-refractivity contribution in [1.29, 1.82) is 0 Å². The summed E-state index contributed by atoms with van der Waals surface area (Å²) in [5.74, 6) is 1.10. The Bertz CT molecular complexity index is 203. The van der Waals surface area contributed by atoms with E-state index in [2.05, 4.69) is 5.32 Å². The van der Waals surface area contributed by atoms with Crippen molar-refractivity contribution < 1.29 is 9.90 Å². The molecule has 1 amide bonds. The summed E-state index contributed by atoms with van der Waals surface area (Å²) in [6.45, 7) is 0.436. The number of hydrogen-bond donors (Lipinski definition) is 2. The van der Waals surface area contributed by atoms with E-state index in [1.807, 2.05) is 6.26 Å². The Balaban J connectivity index is 2.10. The van der Waals surface area contributed by atoms with E-state index in [-0.39, 0.29) is 5.91 Å². The molecule has 0 spiro atoms. The Hall–Kier alpha value is -0.220. The van der Waals surface area contributed by atoms with Crippen LogP contribution in [-0.4, -0.2) is 35.2 Å². The first-order chi connectivity index (χ1) is 7.16. The third-order valence-corrected chi connectivity index (χ3v) is 3.60. The minimum absolute atomic E-state index is 0.0735. The first kappa shape index (κ1) is 12.8. The van der Waals surface area contributed by atoms with Crippen LogP contribution in [0.4, 0.5) is 0 Å². The fraction of sp³-hybridized carbons (Fsp3) is 0.909. The van der Waals surface area contributed by atoms with Gasteiger partial charge in [0.25, 0.3) is 0 Å². The zero-order valence-corrected chi connectivity index (χ0v) is 10.2. The lowest BCUT2D eigenvalue weighted by Gasteiger charge is -2.22. The summed E-state index contributed by atoms with van der Waals surface area (Å²) in [4.78, 5) is 11.4. The van der Waals surface area contributed by atoms with E-state index in [1.54, 1.807) is 11.8 Å². The fourth-order valence-corrected chi connectivity index (χ4v) is 2.37. The monoisotopic (exact) mass is 231 g/mol. The molecule has 1 saturated carbocycles. The number of aliphatic hydroxyl groups is 1. The lowest BCUT2D eigenvalue weighted by atomic mass is 10.0. The van der Waals surface area contributed by atoms with E-state index in [0.29, 0.717) is 13.0 Å². The molecule has 0 aromatic heterocycles. The number of carbonyl (C=O) groups is 1. The zero-order valence-electron chi connectivity index (χ0n) is 9.42. The van der Waals surface area contributed by atoms with Gasteiger partial charge in [-0.15, -0.1) is 0 Å². The molecule has 3 nitrogen and oxygen atoms in total. The average Bonchev–Trinajstić information content (AvgIpc) is 2.64. The molecule has 15 heavy (non-hydrogen) atoms. The summed E-state index contributed by atoms with van der Waals surface area (Å²) in [6.07, 6.45) is 7.37. The maximum Gasteiger partial charge on any atom is 0.220 e. The molecule has 0 aromatic rings. The number of carbonyl (C=O) groups excluding carboxylic acids is 1. The Labute approximate surface area is 96.0 Å². The molecular weight excluding hydrogens is 210 g/mol. The largest absolute Gasteiger partial charge is 0.388 e. The van der Waals surface area contributed by atoms with Crippen molar-refractivity contribution in [2.75, 3.05) is 18.6 Å². The first-order valence-electron chi connectivity index (χ1n) is 5.64. The van der Waals surface area contributed by atoms with Crippen molar-refractivity contribution in [3.05, 3.63) is 0 Å². The number of nitrogens with one attached hydrogen (secondary N) is 1. The highest BCUT2D eigenvalue weighted by atomic mass is 32.2. The first-order valence-corrected chi connectivity index (χ1v) is 7.04. The standard InChI is InChI=1S/C11H21NO2S/c1-15-8-4-5-10(13)12-9-11(14)6-2-3-7-11/h14H,2-9H2,1H3,(H,12,13). The minimum atomic E-state index is -0.616. The van der Waals surface area contributed by atoms with Crippen LogP contribution < -0.4 is 5.32 Å². The summed E-state index contributed by atoms with van der Waals surface area (Å²) < 4.78 is 0. The highest BCUT2D eigenvalue weighted by Crippen LogP contribution is 2.28. The molecule has 2 N–H and O–H groups in total. The van der Waals surface area contributed by atoms with E-state index in [9.17, 15) is 9.90 Å². The number of amides is 1. The quantitative estimate of drug-likeness (QED) is 0.682. The molecular formula is C11H21NO2S. The molecule has 0 bridgehead atoms. The van der Waals surface area contributed by atoms with Crippen LogP contribution in [0.1, 0.15) is 38.5 Å². The van der Waals surface area contributed by atoms with Crippen molar-refractivity contribution in [1.82, 2.24) is 5.32 Å². The van der Waals surface area contributed by atoms with Gasteiger partial charge in [0.15, 0.2) is 0 Å². The maximum absolute atomic E-state index is 11.4. The molecule has 0 heterocycles. The molecule has 4 heteroatoms. The summed E-state index contributed by atoms with van der Waals surface area (Å²) in [7, 11) is 0. The van der Waals surface area contributed by atoms with Gasteiger partial charge in [0.2, 0.25) is 5.91 Å². The molecule has 1 fully saturated rings. The molecule has 0 unspecified atom stereocenters. The van der Waals surface area contributed by atoms with Crippen LogP contribution >= 0.6 is 11.8 Å². The molecule has 1 aliphatic carbocycles. The smallest absolute Gasteiger partial charge is 0.220 e. The highest BCUT2D eigenvalue weighted by Gasteiger charge is 2.31. The van der Waals surface area contributed by atoms with E-state index < -0.39 is 5.60 Å². The summed E-state index contributed by atoms with van der Waals surface area (Å²) in [5.41, 5.74) is -0.616. The lowest BCUT2D eigenvalue weighted by molar-refractivity contribution is -0.122. The van der Waals surface area contributed by atoms with Gasteiger partial charge in [-0.2, -0.15) is 11.8 Å². The van der Waals surface area contributed by atoms with Gasteiger partial charge in [-0.05, 0) is 31.3 Å². The van der Waals surface area contributed by atoms with Gasteiger partial charge in [0.1, 0.15) is 0 Å². The van der Waals surface area contributed by atoms with Gasteiger partial charge >= 0.3 is 0 Å². The Morgan fingerprint density at radius 3 is 2.73 bits per heavy atom. The molecule has 0 saturated heterocycles. The lowest BCUT2D eigenvalue weighted by Crippen LogP contribution is -2.40. The van der Waals surface area contributed by atoms with Gasteiger partial charge in [-0.3, -0.25) is 4.79 Å². The number of thioether (sulfide) groups is 1. The van der Waals surface area contributed by atoms with Crippen LogP contribution in [0.15, 0.2) is 0 Å². The van der Waals surface area contributed by atoms with Gasteiger partial charge in [0.05, 0.1) is 5.60 Å². The summed E-state index contributed by atoms with van der Waals surface area (Å²) in [6, 6.07) is 0. The van der Waals surface area contributed by atoms with E-state index in [0.717, 1.165) is 37.9 Å². The Morgan fingerprint density at radius 1 is 1.47 bits per heavy atom. The third kappa shape index (κ3) is 4.89. The van der Waals surface area contributed by atoms with Gasteiger partial charge in [0, 0.05) is 13.0 Å². The Kier molecular flexibility index (Phi) is 5.47. The molecule has 0 radical (unpaired) electrons. The van der Waals surface area contributed by atoms with Crippen LogP contribution in [0.25, 0.3) is 0 Å². The number of hydrogen-bond acceptors (Lipinski definition) is 3. The van der Waals surface area contributed by atoms with Crippen LogP contribution in [-0.2, 0) is 4.79 Å². The minimum Gasteiger partial charge on any atom is -0.388 e. The molecule has 88 valence electrons. The third-order valence-electron chi connectivity index (χ3n) is 2.90. The zero-order chi connectivity index (χ0) is 11.1. The Morgan fingerprint density at radius 2 is 2.13 bits per heavy atom. The second-order valence-corrected chi connectivity index (χ2v) is 5.29. The van der Waals surface area contributed by atoms with Crippen molar-refractivity contribution in [2.24, 2.45) is 0 Å². The van der Waals surface area contributed by atoms with Crippen LogP contribution in [0.3, 0.4) is 0 Å². The number of rotatable bonds is 6. The normalized spacial score (nSPS) is 19.1. The summed E-state index contributed by atoms with van der Waals surface area (Å²) in [5, 5.41) is 12.8. The van der Waals surface area contributed by atoms with E-state index >= 15 is 0 Å². The van der Waals surface area contributed by atoms with Crippen molar-refractivity contribution >= 4 is 17.7 Å². The van der Waals surface area contributed by atoms with Crippen molar-refractivity contribution in [3.63, 3.8) is 0 Å².